The van der Waals surface area contributed by atoms with Gasteiger partial charge in [-0.1, -0.05) is 13.8 Å². The van der Waals surface area contributed by atoms with Gasteiger partial charge < -0.3 is 24.1 Å². The minimum atomic E-state index is -0.807. The van der Waals surface area contributed by atoms with Crippen LogP contribution < -0.4 is 5.32 Å². The van der Waals surface area contributed by atoms with Crippen molar-refractivity contribution in [3.05, 3.63) is 0 Å². The highest BCUT2D eigenvalue weighted by Crippen LogP contribution is 2.12. The van der Waals surface area contributed by atoms with Crippen molar-refractivity contribution in [2.75, 3.05) is 40.1 Å². The molecule has 146 valence electrons. The average molecular weight is 350 g/mol. The summed E-state index contributed by atoms with van der Waals surface area (Å²) in [4.78, 5) is 0. The van der Waals surface area contributed by atoms with Crippen molar-refractivity contribution >= 4 is 0 Å². The van der Waals surface area contributed by atoms with E-state index in [1.54, 1.807) is 7.11 Å². The Balaban J connectivity index is 4.67. The number of rotatable bonds is 15. The Hall–Kier alpha value is -0.240. The zero-order valence-electron chi connectivity index (χ0n) is 16.6. The van der Waals surface area contributed by atoms with E-state index in [0.717, 1.165) is 6.42 Å². The Morgan fingerprint density at radius 2 is 1.46 bits per heavy atom. The second-order valence-electron chi connectivity index (χ2n) is 7.35. The summed E-state index contributed by atoms with van der Waals surface area (Å²) in [6, 6.07) is 0. The lowest BCUT2D eigenvalue weighted by molar-refractivity contribution is -0.0878. The number of hydrogen-bond donors (Lipinski definition) is 2. The van der Waals surface area contributed by atoms with Crippen LogP contribution in [0.15, 0.2) is 0 Å². The van der Waals surface area contributed by atoms with E-state index in [9.17, 15) is 5.11 Å². The van der Waals surface area contributed by atoms with E-state index in [4.69, 9.17) is 18.9 Å². The van der Waals surface area contributed by atoms with Gasteiger partial charge in [-0.3, -0.25) is 5.32 Å². The molecule has 0 aliphatic rings. The predicted molar refractivity (Wildman–Crippen MR) is 96.2 cm³/mol. The first kappa shape index (κ1) is 23.8. The monoisotopic (exact) mass is 349 g/mol. The van der Waals surface area contributed by atoms with Crippen molar-refractivity contribution in [2.45, 2.75) is 71.9 Å². The molecule has 1 unspecified atom stereocenters. The normalized spacial score (nSPS) is 14.1. The van der Waals surface area contributed by atoms with Gasteiger partial charge in [-0.2, -0.15) is 0 Å². The zero-order chi connectivity index (χ0) is 18.6. The first-order chi connectivity index (χ1) is 11.2. The summed E-state index contributed by atoms with van der Waals surface area (Å²) in [5.41, 5.74) is -0.621. The lowest BCUT2D eigenvalue weighted by Crippen LogP contribution is -2.61. The summed E-state index contributed by atoms with van der Waals surface area (Å²) in [6.45, 7) is 14.2. The minimum Gasteiger partial charge on any atom is -0.383 e. The van der Waals surface area contributed by atoms with E-state index in [0.29, 0.717) is 32.3 Å². The smallest absolute Gasteiger partial charge is 0.129 e. The standard InChI is InChI=1S/C18H39NO5/c1-14(2)8-9-22-10-17(20)19-18(11-21-7,12-23-15(3)4)13-24-16(5)6/h14-17,19-20H,8-13H2,1-7H3. The third kappa shape index (κ3) is 12.2. The molecule has 0 aromatic heterocycles. The molecule has 0 spiro atoms. The molecule has 0 aliphatic carbocycles. The first-order valence-electron chi connectivity index (χ1n) is 8.96. The minimum absolute atomic E-state index is 0.0847. The van der Waals surface area contributed by atoms with Gasteiger partial charge in [0.15, 0.2) is 0 Å². The highest BCUT2D eigenvalue weighted by Gasteiger charge is 2.34. The van der Waals surface area contributed by atoms with Crippen LogP contribution in [0.4, 0.5) is 0 Å². The largest absolute Gasteiger partial charge is 0.383 e. The van der Waals surface area contributed by atoms with Crippen LogP contribution in [0.3, 0.4) is 0 Å². The lowest BCUT2D eigenvalue weighted by Gasteiger charge is -2.37. The summed E-state index contributed by atoms with van der Waals surface area (Å²) in [6.07, 6.45) is 0.338. The molecule has 6 heteroatoms. The molecule has 1 atom stereocenters. The number of aliphatic hydroxyl groups is 1. The van der Waals surface area contributed by atoms with Crippen LogP contribution >= 0.6 is 0 Å². The van der Waals surface area contributed by atoms with Crippen molar-refractivity contribution in [2.24, 2.45) is 5.92 Å². The third-order valence-electron chi connectivity index (χ3n) is 3.39. The molecule has 0 bridgehead atoms. The number of methoxy groups -OCH3 is 1. The van der Waals surface area contributed by atoms with E-state index in [2.05, 4.69) is 19.2 Å². The van der Waals surface area contributed by atoms with Gasteiger partial charge >= 0.3 is 0 Å². The van der Waals surface area contributed by atoms with Gasteiger partial charge in [-0.25, -0.2) is 0 Å². The SMILES string of the molecule is COCC(COC(C)C)(COC(C)C)NC(O)COCCC(C)C. The van der Waals surface area contributed by atoms with Crippen molar-refractivity contribution < 1.29 is 24.1 Å². The van der Waals surface area contributed by atoms with Gasteiger partial charge in [-0.05, 0) is 40.0 Å². The van der Waals surface area contributed by atoms with Crippen LogP contribution in [0, 0.1) is 5.92 Å². The average Bonchev–Trinajstić information content (AvgIpc) is 2.47. The zero-order valence-corrected chi connectivity index (χ0v) is 16.6. The van der Waals surface area contributed by atoms with E-state index in [-0.39, 0.29) is 18.8 Å². The Morgan fingerprint density at radius 1 is 0.917 bits per heavy atom. The van der Waals surface area contributed by atoms with E-state index in [1.807, 2.05) is 27.7 Å². The van der Waals surface area contributed by atoms with Crippen molar-refractivity contribution in [3.63, 3.8) is 0 Å². The van der Waals surface area contributed by atoms with Gasteiger partial charge in [0.25, 0.3) is 0 Å². The van der Waals surface area contributed by atoms with Crippen LogP contribution in [-0.4, -0.2) is 69.2 Å². The predicted octanol–water partition coefficient (Wildman–Crippen LogP) is 2.19. The molecule has 0 aromatic carbocycles. The van der Waals surface area contributed by atoms with Crippen LogP contribution in [0.2, 0.25) is 0 Å². The molecule has 6 nitrogen and oxygen atoms in total. The van der Waals surface area contributed by atoms with Gasteiger partial charge in [0.05, 0.1) is 44.2 Å². The lowest BCUT2D eigenvalue weighted by atomic mass is 10.0. The first-order valence-corrected chi connectivity index (χ1v) is 8.96. The molecule has 0 saturated heterocycles. The van der Waals surface area contributed by atoms with Crippen molar-refractivity contribution in [3.8, 4) is 0 Å². The van der Waals surface area contributed by atoms with Gasteiger partial charge in [0.2, 0.25) is 0 Å². The molecule has 0 aromatic rings. The molecule has 2 N–H and O–H groups in total. The Labute approximate surface area is 148 Å². The Morgan fingerprint density at radius 3 is 1.88 bits per heavy atom. The van der Waals surface area contributed by atoms with Crippen molar-refractivity contribution in [1.29, 1.82) is 0 Å². The molecule has 0 aliphatic heterocycles. The number of nitrogens with one attached hydrogen (secondary N) is 1. The van der Waals surface area contributed by atoms with E-state index in [1.165, 1.54) is 0 Å². The van der Waals surface area contributed by atoms with Gasteiger partial charge in [0.1, 0.15) is 6.23 Å². The fourth-order valence-corrected chi connectivity index (χ4v) is 2.09. The maximum Gasteiger partial charge on any atom is 0.129 e. The third-order valence-corrected chi connectivity index (χ3v) is 3.39. The van der Waals surface area contributed by atoms with Crippen LogP contribution in [0.25, 0.3) is 0 Å². The summed E-state index contributed by atoms with van der Waals surface area (Å²) in [7, 11) is 1.63. The second-order valence-corrected chi connectivity index (χ2v) is 7.35. The van der Waals surface area contributed by atoms with Gasteiger partial charge in [-0.15, -0.1) is 0 Å². The Kier molecular flexibility index (Phi) is 12.9. The molecule has 0 radical (unpaired) electrons. The second kappa shape index (κ2) is 13.0. The van der Waals surface area contributed by atoms with Crippen molar-refractivity contribution in [1.82, 2.24) is 5.32 Å². The fraction of sp³-hybridized carbons (Fsp3) is 1.00. The van der Waals surface area contributed by atoms with Crippen LogP contribution in [0.1, 0.15) is 48.0 Å². The molecule has 0 heterocycles. The van der Waals surface area contributed by atoms with Crippen LogP contribution in [0.5, 0.6) is 0 Å². The summed E-state index contributed by atoms with van der Waals surface area (Å²) in [5.74, 6) is 0.585. The number of hydrogen-bond acceptors (Lipinski definition) is 6. The maximum atomic E-state index is 10.3. The summed E-state index contributed by atoms with van der Waals surface area (Å²) in [5, 5.41) is 13.5. The number of ether oxygens (including phenoxy) is 4. The Bertz CT molecular complexity index is 285. The van der Waals surface area contributed by atoms with E-state index >= 15 is 0 Å². The number of aliphatic hydroxyl groups excluding tert-OH is 1. The molecule has 0 rings (SSSR count). The summed E-state index contributed by atoms with van der Waals surface area (Å²) < 4.78 is 22.5. The molecular formula is C18H39NO5. The summed E-state index contributed by atoms with van der Waals surface area (Å²) >= 11 is 0. The fourth-order valence-electron chi connectivity index (χ4n) is 2.09. The molecule has 0 saturated carbocycles. The van der Waals surface area contributed by atoms with Gasteiger partial charge in [0, 0.05) is 13.7 Å². The molecule has 24 heavy (non-hydrogen) atoms. The highest BCUT2D eigenvalue weighted by molar-refractivity contribution is 4.90. The molecule has 0 amide bonds. The van der Waals surface area contributed by atoms with Crippen LogP contribution in [-0.2, 0) is 18.9 Å². The molecule has 0 fully saturated rings. The van der Waals surface area contributed by atoms with E-state index < -0.39 is 11.8 Å². The topological polar surface area (TPSA) is 69.2 Å². The maximum absolute atomic E-state index is 10.3. The quantitative estimate of drug-likeness (QED) is 0.349. The highest BCUT2D eigenvalue weighted by atomic mass is 16.5. The molecular weight excluding hydrogens is 310 g/mol.